The first-order chi connectivity index (χ1) is 12.4. The van der Waals surface area contributed by atoms with Gasteiger partial charge < -0.3 is 15.3 Å². The molecule has 0 radical (unpaired) electrons. The molecule has 2 N–H and O–H groups in total. The average molecular weight is 356 g/mol. The van der Waals surface area contributed by atoms with Crippen LogP contribution in [0.15, 0.2) is 36.5 Å². The van der Waals surface area contributed by atoms with E-state index in [1.807, 2.05) is 6.07 Å². The Kier molecular flexibility index (Phi) is 5.86. The minimum Gasteiger partial charge on any atom is -0.480 e. The maximum Gasteiger partial charge on any atom is 0.325 e. The number of benzene rings is 1. The Bertz CT molecular complexity index is 862. The number of carbonyl (C=O) groups excluding carboxylic acids is 1. The number of carboxylic acids is 1. The number of rotatable bonds is 6. The SMILES string of the molecule is CCN(C(=O)c1cc(C#N)cnc1NC(C)C(=O)O)c1ccc(F)cc1. The standard InChI is InChI=1S/C18H17FN4O3/c1-3-23(14-6-4-13(19)5-7-14)17(24)15-8-12(9-20)10-21-16(15)22-11(2)18(25)26/h4-8,10-11H,3H2,1-2H3,(H,21,22)(H,25,26). The first kappa shape index (κ1) is 18.9. The molecule has 2 rings (SSSR count). The first-order valence-corrected chi connectivity index (χ1v) is 7.84. The summed E-state index contributed by atoms with van der Waals surface area (Å²) in [5.41, 5.74) is 0.693. The topological polar surface area (TPSA) is 106 Å². The number of carboxylic acid groups (broad SMARTS) is 1. The number of hydrogen-bond acceptors (Lipinski definition) is 5. The summed E-state index contributed by atoms with van der Waals surface area (Å²) in [7, 11) is 0. The molecule has 0 spiro atoms. The summed E-state index contributed by atoms with van der Waals surface area (Å²) in [4.78, 5) is 29.5. The fourth-order valence-electron chi connectivity index (χ4n) is 2.28. The number of halogens is 1. The van der Waals surface area contributed by atoms with E-state index < -0.39 is 23.7 Å². The lowest BCUT2D eigenvalue weighted by atomic mass is 10.1. The van der Waals surface area contributed by atoms with E-state index in [2.05, 4.69) is 10.3 Å². The molecule has 0 fully saturated rings. The summed E-state index contributed by atoms with van der Waals surface area (Å²) in [6, 6.07) is 7.67. The number of hydrogen-bond donors (Lipinski definition) is 2. The van der Waals surface area contributed by atoms with Gasteiger partial charge in [0.2, 0.25) is 0 Å². The van der Waals surface area contributed by atoms with Crippen LogP contribution in [-0.2, 0) is 4.79 Å². The molecule has 26 heavy (non-hydrogen) atoms. The number of anilines is 2. The number of aliphatic carboxylic acids is 1. The lowest BCUT2D eigenvalue weighted by Gasteiger charge is -2.23. The Morgan fingerprint density at radius 1 is 1.38 bits per heavy atom. The van der Waals surface area contributed by atoms with Gasteiger partial charge in [-0.25, -0.2) is 9.37 Å². The smallest absolute Gasteiger partial charge is 0.325 e. The molecule has 0 aliphatic rings. The van der Waals surface area contributed by atoms with Crippen molar-refractivity contribution in [3.05, 3.63) is 53.5 Å². The molecule has 1 amide bonds. The summed E-state index contributed by atoms with van der Waals surface area (Å²) in [5, 5.41) is 20.8. The van der Waals surface area contributed by atoms with Gasteiger partial charge >= 0.3 is 5.97 Å². The van der Waals surface area contributed by atoms with Crippen LogP contribution in [0.1, 0.15) is 29.8 Å². The van der Waals surface area contributed by atoms with E-state index in [4.69, 9.17) is 10.4 Å². The van der Waals surface area contributed by atoms with Crippen molar-refractivity contribution < 1.29 is 19.1 Å². The van der Waals surface area contributed by atoms with E-state index >= 15 is 0 Å². The van der Waals surface area contributed by atoms with Crippen molar-refractivity contribution >= 4 is 23.4 Å². The second-order valence-corrected chi connectivity index (χ2v) is 5.46. The van der Waals surface area contributed by atoms with E-state index in [0.717, 1.165) is 0 Å². The van der Waals surface area contributed by atoms with Gasteiger partial charge in [0.1, 0.15) is 23.7 Å². The summed E-state index contributed by atoms with van der Waals surface area (Å²) in [6.45, 7) is 3.44. The predicted molar refractivity (Wildman–Crippen MR) is 93.4 cm³/mol. The van der Waals surface area contributed by atoms with E-state index in [0.29, 0.717) is 5.69 Å². The maximum absolute atomic E-state index is 13.1. The van der Waals surface area contributed by atoms with E-state index in [-0.39, 0.29) is 23.5 Å². The third kappa shape index (κ3) is 4.13. The van der Waals surface area contributed by atoms with Gasteiger partial charge in [0.15, 0.2) is 0 Å². The summed E-state index contributed by atoms with van der Waals surface area (Å²) in [6.07, 6.45) is 1.25. The molecule has 1 atom stereocenters. The van der Waals surface area contributed by atoms with Crippen LogP contribution in [0.4, 0.5) is 15.9 Å². The van der Waals surface area contributed by atoms with E-state index in [1.165, 1.54) is 48.4 Å². The maximum atomic E-state index is 13.1. The molecule has 0 saturated carbocycles. The monoisotopic (exact) mass is 356 g/mol. The lowest BCUT2D eigenvalue weighted by molar-refractivity contribution is -0.137. The van der Waals surface area contributed by atoms with E-state index in [1.54, 1.807) is 6.92 Å². The van der Waals surface area contributed by atoms with Crippen molar-refractivity contribution in [1.29, 1.82) is 5.26 Å². The highest BCUT2D eigenvalue weighted by Crippen LogP contribution is 2.22. The summed E-state index contributed by atoms with van der Waals surface area (Å²) >= 11 is 0. The number of nitriles is 1. The molecular formula is C18H17FN4O3. The summed E-state index contributed by atoms with van der Waals surface area (Å²) in [5.74, 6) is -1.96. The number of pyridine rings is 1. The van der Waals surface area contributed by atoms with Crippen molar-refractivity contribution in [3.63, 3.8) is 0 Å². The third-order valence-electron chi connectivity index (χ3n) is 3.67. The fraction of sp³-hybridized carbons (Fsp3) is 0.222. The van der Waals surface area contributed by atoms with Crippen LogP contribution in [0.3, 0.4) is 0 Å². The van der Waals surface area contributed by atoms with E-state index in [9.17, 15) is 14.0 Å². The third-order valence-corrected chi connectivity index (χ3v) is 3.67. The van der Waals surface area contributed by atoms with Crippen molar-refractivity contribution in [1.82, 2.24) is 4.98 Å². The van der Waals surface area contributed by atoms with Gasteiger partial charge in [0.25, 0.3) is 5.91 Å². The number of carbonyl (C=O) groups is 2. The van der Waals surface area contributed by atoms with Crippen molar-refractivity contribution in [2.75, 3.05) is 16.8 Å². The van der Waals surface area contributed by atoms with Crippen LogP contribution < -0.4 is 10.2 Å². The molecule has 0 bridgehead atoms. The van der Waals surface area contributed by atoms with Gasteiger partial charge in [-0.1, -0.05) is 0 Å². The number of nitrogens with zero attached hydrogens (tertiary/aromatic N) is 3. The Labute approximate surface area is 149 Å². The molecule has 134 valence electrons. The number of aromatic nitrogens is 1. The highest BCUT2D eigenvalue weighted by molar-refractivity contribution is 6.09. The molecule has 0 aliphatic carbocycles. The Morgan fingerprint density at radius 3 is 2.58 bits per heavy atom. The average Bonchev–Trinajstić information content (AvgIpc) is 2.63. The van der Waals surface area contributed by atoms with Gasteiger partial charge in [-0.15, -0.1) is 0 Å². The van der Waals surface area contributed by atoms with Gasteiger partial charge in [-0.3, -0.25) is 9.59 Å². The number of amides is 1. The van der Waals surface area contributed by atoms with Gasteiger partial charge in [-0.05, 0) is 44.2 Å². The minimum absolute atomic E-state index is 0.0586. The molecule has 2 aromatic rings. The largest absolute Gasteiger partial charge is 0.480 e. The van der Waals surface area contributed by atoms with Crippen LogP contribution in [-0.4, -0.2) is 34.6 Å². The molecule has 8 heteroatoms. The van der Waals surface area contributed by atoms with Crippen molar-refractivity contribution in [2.45, 2.75) is 19.9 Å². The van der Waals surface area contributed by atoms with Crippen LogP contribution >= 0.6 is 0 Å². The zero-order valence-corrected chi connectivity index (χ0v) is 14.2. The van der Waals surface area contributed by atoms with Crippen molar-refractivity contribution in [2.24, 2.45) is 0 Å². The minimum atomic E-state index is -1.11. The Morgan fingerprint density at radius 2 is 2.04 bits per heavy atom. The quantitative estimate of drug-likeness (QED) is 0.824. The van der Waals surface area contributed by atoms with Crippen molar-refractivity contribution in [3.8, 4) is 6.07 Å². The second-order valence-electron chi connectivity index (χ2n) is 5.46. The molecule has 0 saturated heterocycles. The molecule has 1 heterocycles. The predicted octanol–water partition coefficient (Wildman–Crippen LogP) is 2.64. The second kappa shape index (κ2) is 8.07. The fourth-order valence-corrected chi connectivity index (χ4v) is 2.28. The molecule has 0 aliphatic heterocycles. The van der Waals surface area contributed by atoms with Gasteiger partial charge in [0, 0.05) is 18.4 Å². The van der Waals surface area contributed by atoms with Crippen LogP contribution in [0.2, 0.25) is 0 Å². The lowest BCUT2D eigenvalue weighted by Crippen LogP contribution is -2.33. The first-order valence-electron chi connectivity index (χ1n) is 7.84. The van der Waals surface area contributed by atoms with Gasteiger partial charge in [-0.2, -0.15) is 5.26 Å². The zero-order chi connectivity index (χ0) is 19.3. The van der Waals surface area contributed by atoms with Gasteiger partial charge in [0.05, 0.1) is 11.1 Å². The molecule has 7 nitrogen and oxygen atoms in total. The van der Waals surface area contributed by atoms with Crippen LogP contribution in [0.5, 0.6) is 0 Å². The summed E-state index contributed by atoms with van der Waals surface area (Å²) < 4.78 is 13.1. The molecule has 1 aromatic heterocycles. The highest BCUT2D eigenvalue weighted by atomic mass is 19.1. The number of nitrogens with one attached hydrogen (secondary N) is 1. The normalized spacial score (nSPS) is 11.3. The Balaban J connectivity index is 2.46. The zero-order valence-electron chi connectivity index (χ0n) is 14.2. The molecular weight excluding hydrogens is 339 g/mol. The Hall–Kier alpha value is -3.47. The van der Waals surface area contributed by atoms with Crippen LogP contribution in [0, 0.1) is 17.1 Å². The van der Waals surface area contributed by atoms with Crippen LogP contribution in [0.25, 0.3) is 0 Å². The highest BCUT2D eigenvalue weighted by Gasteiger charge is 2.23. The molecule has 1 aromatic carbocycles. The molecule has 1 unspecified atom stereocenters.